The fourth-order valence-electron chi connectivity index (χ4n) is 4.26. The van der Waals surface area contributed by atoms with Gasteiger partial charge in [0.25, 0.3) is 5.91 Å². The van der Waals surface area contributed by atoms with Crippen LogP contribution in [0.2, 0.25) is 0 Å². The molecule has 0 bridgehead atoms. The normalized spacial score (nSPS) is 28.2. The molecule has 2 aliphatic heterocycles. The molecule has 0 unspecified atom stereocenters. The summed E-state index contributed by atoms with van der Waals surface area (Å²) in [6.07, 6.45) is 4.44. The third-order valence-electron chi connectivity index (χ3n) is 6.13. The van der Waals surface area contributed by atoms with Gasteiger partial charge in [0.15, 0.2) is 0 Å². The van der Waals surface area contributed by atoms with Gasteiger partial charge in [-0.2, -0.15) is 0 Å². The third kappa shape index (κ3) is 2.96. The van der Waals surface area contributed by atoms with Crippen LogP contribution < -0.4 is 10.1 Å². The van der Waals surface area contributed by atoms with E-state index in [9.17, 15) is 9.59 Å². The quantitative estimate of drug-likeness (QED) is 0.892. The summed E-state index contributed by atoms with van der Waals surface area (Å²) in [5.41, 5.74) is 0.119. The molecule has 0 aromatic heterocycles. The SMILES string of the molecule is CNC(=O)[C@]12CCOC[C@H]1CN(C(=O)c1ccc(OC3CCC3)cc1)C2. The van der Waals surface area contributed by atoms with E-state index in [1.54, 1.807) is 11.9 Å². The molecule has 1 aliphatic carbocycles. The smallest absolute Gasteiger partial charge is 0.253 e. The van der Waals surface area contributed by atoms with Crippen LogP contribution in [0.5, 0.6) is 5.75 Å². The molecule has 2 heterocycles. The fourth-order valence-corrected chi connectivity index (χ4v) is 4.26. The summed E-state index contributed by atoms with van der Waals surface area (Å²) in [6.45, 7) is 2.12. The van der Waals surface area contributed by atoms with Gasteiger partial charge in [-0.05, 0) is 49.9 Å². The molecule has 6 heteroatoms. The van der Waals surface area contributed by atoms with Crippen LogP contribution in [0, 0.1) is 11.3 Å². The number of nitrogens with one attached hydrogen (secondary N) is 1. The monoisotopic (exact) mass is 358 g/mol. The number of fused-ring (bicyclic) bond motifs is 1. The Labute approximate surface area is 153 Å². The Hall–Kier alpha value is -2.08. The summed E-state index contributed by atoms with van der Waals surface area (Å²) in [7, 11) is 1.66. The van der Waals surface area contributed by atoms with Gasteiger partial charge in [0, 0.05) is 38.2 Å². The van der Waals surface area contributed by atoms with Crippen molar-refractivity contribution in [1.29, 1.82) is 0 Å². The Morgan fingerprint density at radius 3 is 2.69 bits per heavy atom. The molecule has 1 aromatic carbocycles. The van der Waals surface area contributed by atoms with Crippen molar-refractivity contribution < 1.29 is 19.1 Å². The first kappa shape index (κ1) is 17.3. The van der Waals surface area contributed by atoms with Crippen LogP contribution in [0.1, 0.15) is 36.0 Å². The highest BCUT2D eigenvalue weighted by Crippen LogP contribution is 2.42. The zero-order valence-electron chi connectivity index (χ0n) is 15.2. The number of benzene rings is 1. The van der Waals surface area contributed by atoms with Crippen molar-refractivity contribution in [2.24, 2.45) is 11.3 Å². The Morgan fingerprint density at radius 1 is 1.27 bits per heavy atom. The van der Waals surface area contributed by atoms with Crippen LogP contribution >= 0.6 is 0 Å². The largest absolute Gasteiger partial charge is 0.490 e. The van der Waals surface area contributed by atoms with Crippen LogP contribution in [0.4, 0.5) is 0 Å². The van der Waals surface area contributed by atoms with Crippen LogP contribution in [0.3, 0.4) is 0 Å². The van der Waals surface area contributed by atoms with Crippen molar-refractivity contribution in [1.82, 2.24) is 10.2 Å². The lowest BCUT2D eigenvalue weighted by Gasteiger charge is -2.36. The minimum absolute atomic E-state index is 0.0188. The number of likely N-dealkylation sites (tertiary alicyclic amines) is 1. The molecule has 1 saturated carbocycles. The van der Waals surface area contributed by atoms with E-state index < -0.39 is 5.41 Å². The highest BCUT2D eigenvalue weighted by atomic mass is 16.5. The van der Waals surface area contributed by atoms with Gasteiger partial charge in [0.1, 0.15) is 5.75 Å². The van der Waals surface area contributed by atoms with Gasteiger partial charge < -0.3 is 19.7 Å². The minimum atomic E-state index is -0.518. The van der Waals surface area contributed by atoms with Gasteiger partial charge >= 0.3 is 0 Å². The molecule has 0 radical (unpaired) electrons. The van der Waals surface area contributed by atoms with E-state index in [0.717, 1.165) is 18.6 Å². The van der Waals surface area contributed by atoms with Gasteiger partial charge in [0.05, 0.1) is 18.1 Å². The van der Waals surface area contributed by atoms with Crippen LogP contribution in [0.25, 0.3) is 0 Å². The minimum Gasteiger partial charge on any atom is -0.490 e. The molecule has 1 aromatic rings. The van der Waals surface area contributed by atoms with Crippen molar-refractivity contribution in [2.75, 3.05) is 33.4 Å². The number of carbonyl (C=O) groups is 2. The lowest BCUT2D eigenvalue weighted by atomic mass is 9.73. The van der Waals surface area contributed by atoms with E-state index in [1.165, 1.54) is 6.42 Å². The average molecular weight is 358 g/mol. The zero-order valence-corrected chi connectivity index (χ0v) is 15.2. The summed E-state index contributed by atoms with van der Waals surface area (Å²) in [4.78, 5) is 27.3. The number of rotatable bonds is 4. The molecule has 26 heavy (non-hydrogen) atoms. The van der Waals surface area contributed by atoms with Gasteiger partial charge in [0.2, 0.25) is 5.91 Å². The highest BCUT2D eigenvalue weighted by molar-refractivity contribution is 5.95. The van der Waals surface area contributed by atoms with E-state index in [4.69, 9.17) is 9.47 Å². The molecule has 2 saturated heterocycles. The standard InChI is InChI=1S/C20H26N2O4/c1-21-19(24)20-9-10-25-12-15(20)11-22(13-20)18(23)14-5-7-17(8-6-14)26-16-3-2-4-16/h5-8,15-16H,2-4,9-13H2,1H3,(H,21,24)/t15-,20+/m1/s1. The maximum absolute atomic E-state index is 13.0. The van der Waals surface area contributed by atoms with E-state index in [0.29, 0.717) is 44.4 Å². The summed E-state index contributed by atoms with van der Waals surface area (Å²) >= 11 is 0. The molecule has 2 atom stereocenters. The first-order chi connectivity index (χ1) is 12.6. The Balaban J connectivity index is 1.47. The first-order valence-corrected chi connectivity index (χ1v) is 9.48. The summed E-state index contributed by atoms with van der Waals surface area (Å²) < 4.78 is 11.4. The predicted molar refractivity (Wildman–Crippen MR) is 96.0 cm³/mol. The van der Waals surface area contributed by atoms with Crippen molar-refractivity contribution >= 4 is 11.8 Å². The van der Waals surface area contributed by atoms with Gasteiger partial charge in [-0.1, -0.05) is 0 Å². The zero-order chi connectivity index (χ0) is 18.1. The summed E-state index contributed by atoms with van der Waals surface area (Å²) in [5.74, 6) is 0.862. The molecule has 4 rings (SSSR count). The third-order valence-corrected chi connectivity index (χ3v) is 6.13. The molecule has 140 valence electrons. The topological polar surface area (TPSA) is 67.9 Å². The Bertz CT molecular complexity index is 686. The molecule has 0 spiro atoms. The maximum atomic E-state index is 13.0. The second kappa shape index (κ2) is 6.91. The number of nitrogens with zero attached hydrogens (tertiary/aromatic N) is 1. The summed E-state index contributed by atoms with van der Waals surface area (Å²) in [5, 5.41) is 2.78. The van der Waals surface area contributed by atoms with E-state index in [1.807, 2.05) is 24.3 Å². The van der Waals surface area contributed by atoms with Crippen molar-refractivity contribution in [3.8, 4) is 5.75 Å². The van der Waals surface area contributed by atoms with E-state index >= 15 is 0 Å². The number of hydrogen-bond acceptors (Lipinski definition) is 4. The molecule has 6 nitrogen and oxygen atoms in total. The second-order valence-electron chi connectivity index (χ2n) is 7.64. The van der Waals surface area contributed by atoms with Gasteiger partial charge in [-0.15, -0.1) is 0 Å². The van der Waals surface area contributed by atoms with Crippen LogP contribution in [-0.2, 0) is 9.53 Å². The molecule has 3 fully saturated rings. The number of hydrogen-bond donors (Lipinski definition) is 1. The number of ether oxygens (including phenoxy) is 2. The number of carbonyl (C=O) groups excluding carboxylic acids is 2. The average Bonchev–Trinajstić information content (AvgIpc) is 3.05. The van der Waals surface area contributed by atoms with E-state index in [2.05, 4.69) is 5.32 Å². The van der Waals surface area contributed by atoms with Gasteiger partial charge in [-0.25, -0.2) is 0 Å². The Morgan fingerprint density at radius 2 is 2.04 bits per heavy atom. The van der Waals surface area contributed by atoms with Gasteiger partial charge in [-0.3, -0.25) is 9.59 Å². The summed E-state index contributed by atoms with van der Waals surface area (Å²) in [6, 6.07) is 7.38. The number of amides is 2. The molecular weight excluding hydrogens is 332 g/mol. The van der Waals surface area contributed by atoms with Crippen LogP contribution in [-0.4, -0.2) is 56.2 Å². The first-order valence-electron chi connectivity index (χ1n) is 9.48. The fraction of sp³-hybridized carbons (Fsp3) is 0.600. The highest BCUT2D eigenvalue weighted by Gasteiger charge is 2.54. The lowest BCUT2D eigenvalue weighted by molar-refractivity contribution is -0.138. The van der Waals surface area contributed by atoms with Crippen molar-refractivity contribution in [2.45, 2.75) is 31.8 Å². The maximum Gasteiger partial charge on any atom is 0.253 e. The van der Waals surface area contributed by atoms with E-state index in [-0.39, 0.29) is 17.7 Å². The molecular formula is C20H26N2O4. The van der Waals surface area contributed by atoms with Crippen LogP contribution in [0.15, 0.2) is 24.3 Å². The second-order valence-corrected chi connectivity index (χ2v) is 7.64. The molecule has 1 N–H and O–H groups in total. The van der Waals surface area contributed by atoms with Crippen molar-refractivity contribution in [3.05, 3.63) is 29.8 Å². The van der Waals surface area contributed by atoms with Crippen molar-refractivity contribution in [3.63, 3.8) is 0 Å². The Kier molecular flexibility index (Phi) is 4.61. The predicted octanol–water partition coefficient (Wildman–Crippen LogP) is 1.84. The molecule has 3 aliphatic rings. The molecule has 2 amide bonds. The lowest BCUT2D eigenvalue weighted by Crippen LogP contribution is -2.49.